The van der Waals surface area contributed by atoms with E-state index in [1.807, 2.05) is 26.5 Å². The fourth-order valence-corrected chi connectivity index (χ4v) is 2.20. The highest BCUT2D eigenvalue weighted by atomic mass is 15.1. The lowest BCUT2D eigenvalue weighted by Gasteiger charge is -2.27. The molecule has 1 aromatic rings. The van der Waals surface area contributed by atoms with Crippen molar-refractivity contribution in [2.24, 2.45) is 5.41 Å². The number of rotatable bonds is 3. The molecule has 0 amide bonds. The number of hydrogen-bond donors (Lipinski definition) is 1. The van der Waals surface area contributed by atoms with Crippen LogP contribution in [0.2, 0.25) is 0 Å². The maximum Gasteiger partial charge on any atom is 0.0771 e. The highest BCUT2D eigenvalue weighted by Crippen LogP contribution is 2.56. The molecule has 14 heavy (non-hydrogen) atoms. The molecule has 0 saturated heterocycles. The molecule has 1 heterocycles. The predicted octanol–water partition coefficient (Wildman–Crippen LogP) is 1.92. The van der Waals surface area contributed by atoms with E-state index in [0.717, 1.165) is 12.8 Å². The Morgan fingerprint density at radius 2 is 2.29 bits per heavy atom. The molecule has 1 aliphatic rings. The lowest BCUT2D eigenvalue weighted by molar-refractivity contribution is 0.232. The van der Waals surface area contributed by atoms with Crippen molar-refractivity contribution in [1.29, 1.82) is 5.26 Å². The largest absolute Gasteiger partial charge is 0.367 e. The van der Waals surface area contributed by atoms with Gasteiger partial charge in [-0.25, -0.2) is 0 Å². The summed E-state index contributed by atoms with van der Waals surface area (Å²) in [6.07, 6.45) is 5.95. The summed E-state index contributed by atoms with van der Waals surface area (Å²) in [5, 5.41) is 9.19. The van der Waals surface area contributed by atoms with Crippen LogP contribution in [0.25, 0.3) is 0 Å². The van der Waals surface area contributed by atoms with Gasteiger partial charge in [0.15, 0.2) is 0 Å². The second-order valence-corrected chi connectivity index (χ2v) is 4.28. The van der Waals surface area contributed by atoms with Gasteiger partial charge < -0.3 is 9.88 Å². The Morgan fingerprint density at radius 1 is 1.57 bits per heavy atom. The summed E-state index contributed by atoms with van der Waals surface area (Å²) in [5.41, 5.74) is 1.08. The van der Waals surface area contributed by atoms with Gasteiger partial charge in [-0.2, -0.15) is 5.26 Å². The fourth-order valence-electron chi connectivity index (χ4n) is 2.20. The van der Waals surface area contributed by atoms with E-state index < -0.39 is 0 Å². The van der Waals surface area contributed by atoms with Gasteiger partial charge in [-0.3, -0.25) is 0 Å². The Bertz CT molecular complexity index is 341. The fraction of sp³-hybridized carbons (Fsp3) is 0.545. The van der Waals surface area contributed by atoms with Crippen molar-refractivity contribution in [3.05, 3.63) is 24.0 Å². The zero-order chi connectivity index (χ0) is 10.2. The molecular formula is C11H15N3. The van der Waals surface area contributed by atoms with E-state index in [9.17, 15) is 5.26 Å². The first-order valence-electron chi connectivity index (χ1n) is 4.90. The Labute approximate surface area is 84.3 Å². The molecule has 1 N–H and O–H groups in total. The van der Waals surface area contributed by atoms with E-state index in [1.54, 1.807) is 0 Å². The standard InChI is InChI=1S/C11H15N3/c1-14(2)10(9-3-6-13-7-9)11(8-12)4-5-11/h3,6-7,10,13H,4-5H2,1-2H3. The Hall–Kier alpha value is -1.27. The molecule has 1 aromatic heterocycles. The second kappa shape index (κ2) is 3.14. The van der Waals surface area contributed by atoms with E-state index in [2.05, 4.69) is 22.0 Å². The van der Waals surface area contributed by atoms with E-state index >= 15 is 0 Å². The smallest absolute Gasteiger partial charge is 0.0771 e. The summed E-state index contributed by atoms with van der Waals surface area (Å²) >= 11 is 0. The van der Waals surface area contributed by atoms with E-state index in [0.29, 0.717) is 0 Å². The molecule has 0 aromatic carbocycles. The third-order valence-electron chi connectivity index (χ3n) is 2.99. The zero-order valence-corrected chi connectivity index (χ0v) is 8.62. The van der Waals surface area contributed by atoms with Crippen LogP contribution in [0.1, 0.15) is 24.4 Å². The summed E-state index contributed by atoms with van der Waals surface area (Å²) in [7, 11) is 4.07. The average molecular weight is 189 g/mol. The average Bonchev–Trinajstić information content (AvgIpc) is 2.73. The highest BCUT2D eigenvalue weighted by molar-refractivity contribution is 5.26. The number of hydrogen-bond acceptors (Lipinski definition) is 2. The number of aromatic nitrogens is 1. The first-order valence-corrected chi connectivity index (χ1v) is 4.90. The second-order valence-electron chi connectivity index (χ2n) is 4.28. The van der Waals surface area contributed by atoms with Crippen LogP contribution in [0.5, 0.6) is 0 Å². The van der Waals surface area contributed by atoms with Gasteiger partial charge in [0.05, 0.1) is 17.5 Å². The number of nitrogens with one attached hydrogen (secondary N) is 1. The van der Waals surface area contributed by atoms with Crippen LogP contribution < -0.4 is 0 Å². The minimum atomic E-state index is -0.133. The predicted molar refractivity (Wildman–Crippen MR) is 54.5 cm³/mol. The van der Waals surface area contributed by atoms with Crippen LogP contribution in [-0.2, 0) is 0 Å². The van der Waals surface area contributed by atoms with E-state index in [1.165, 1.54) is 5.56 Å². The van der Waals surface area contributed by atoms with Crippen molar-refractivity contribution >= 4 is 0 Å². The van der Waals surface area contributed by atoms with Crippen LogP contribution >= 0.6 is 0 Å². The molecule has 3 heteroatoms. The Balaban J connectivity index is 2.31. The minimum Gasteiger partial charge on any atom is -0.367 e. The first kappa shape index (κ1) is 9.29. The van der Waals surface area contributed by atoms with Crippen molar-refractivity contribution in [3.8, 4) is 6.07 Å². The molecule has 1 unspecified atom stereocenters. The number of nitriles is 1. The van der Waals surface area contributed by atoms with Gasteiger partial charge in [-0.1, -0.05) is 0 Å². The van der Waals surface area contributed by atoms with Crippen LogP contribution in [0.4, 0.5) is 0 Å². The molecule has 3 nitrogen and oxygen atoms in total. The summed E-state index contributed by atoms with van der Waals surface area (Å²) in [5.74, 6) is 0. The van der Waals surface area contributed by atoms with Gasteiger partial charge in [0.2, 0.25) is 0 Å². The van der Waals surface area contributed by atoms with Crippen molar-refractivity contribution < 1.29 is 0 Å². The SMILES string of the molecule is CN(C)C(c1cc[nH]c1)C1(C#N)CC1. The minimum absolute atomic E-state index is 0.133. The molecule has 1 fully saturated rings. The molecule has 0 spiro atoms. The van der Waals surface area contributed by atoms with Crippen molar-refractivity contribution in [3.63, 3.8) is 0 Å². The number of H-pyrrole nitrogens is 1. The molecule has 0 aliphatic heterocycles. The molecule has 0 bridgehead atoms. The monoisotopic (exact) mass is 189 g/mol. The summed E-state index contributed by atoms with van der Waals surface area (Å²) in [6.45, 7) is 0. The maximum absolute atomic E-state index is 9.19. The lowest BCUT2D eigenvalue weighted by Crippen LogP contribution is -2.27. The van der Waals surface area contributed by atoms with E-state index in [-0.39, 0.29) is 11.5 Å². The summed E-state index contributed by atoms with van der Waals surface area (Å²) in [4.78, 5) is 5.19. The van der Waals surface area contributed by atoms with Crippen LogP contribution in [-0.4, -0.2) is 24.0 Å². The van der Waals surface area contributed by atoms with Gasteiger partial charge in [0, 0.05) is 12.4 Å². The molecule has 2 rings (SSSR count). The molecule has 0 radical (unpaired) electrons. The van der Waals surface area contributed by atoms with Gasteiger partial charge in [-0.05, 0) is 38.6 Å². The van der Waals surface area contributed by atoms with Gasteiger partial charge in [0.1, 0.15) is 0 Å². The number of aromatic amines is 1. The van der Waals surface area contributed by atoms with E-state index in [4.69, 9.17) is 0 Å². The normalized spacial score (nSPS) is 20.4. The zero-order valence-electron chi connectivity index (χ0n) is 8.62. The van der Waals surface area contributed by atoms with Crippen LogP contribution in [0.15, 0.2) is 18.5 Å². The van der Waals surface area contributed by atoms with Crippen molar-refractivity contribution in [2.75, 3.05) is 14.1 Å². The highest BCUT2D eigenvalue weighted by Gasteiger charge is 2.51. The number of nitrogens with zero attached hydrogens (tertiary/aromatic N) is 2. The molecule has 1 atom stereocenters. The topological polar surface area (TPSA) is 42.8 Å². The lowest BCUT2D eigenvalue weighted by atomic mass is 9.92. The van der Waals surface area contributed by atoms with Gasteiger partial charge in [-0.15, -0.1) is 0 Å². The summed E-state index contributed by atoms with van der Waals surface area (Å²) in [6, 6.07) is 4.76. The summed E-state index contributed by atoms with van der Waals surface area (Å²) < 4.78 is 0. The van der Waals surface area contributed by atoms with Gasteiger partial charge >= 0.3 is 0 Å². The quantitative estimate of drug-likeness (QED) is 0.789. The van der Waals surface area contributed by atoms with Crippen molar-refractivity contribution in [1.82, 2.24) is 9.88 Å². The third-order valence-corrected chi connectivity index (χ3v) is 2.99. The van der Waals surface area contributed by atoms with Crippen LogP contribution in [0, 0.1) is 16.7 Å². The Kier molecular flexibility index (Phi) is 2.09. The molecule has 1 saturated carbocycles. The molecule has 1 aliphatic carbocycles. The Morgan fingerprint density at radius 3 is 2.64 bits per heavy atom. The maximum atomic E-state index is 9.19. The van der Waals surface area contributed by atoms with Crippen molar-refractivity contribution in [2.45, 2.75) is 18.9 Å². The van der Waals surface area contributed by atoms with Gasteiger partial charge in [0.25, 0.3) is 0 Å². The molecular weight excluding hydrogens is 174 g/mol. The van der Waals surface area contributed by atoms with Crippen LogP contribution in [0.3, 0.4) is 0 Å². The first-order chi connectivity index (χ1) is 6.69. The molecule has 74 valence electrons. The third kappa shape index (κ3) is 1.32.